The number of nitrogens with zero attached hydrogens (tertiary/aromatic N) is 3. The topological polar surface area (TPSA) is 201 Å². The molecule has 6 atom stereocenters. The van der Waals surface area contributed by atoms with Gasteiger partial charge in [-0.15, -0.1) is 0 Å². The number of aromatic nitrogens is 3. The van der Waals surface area contributed by atoms with Gasteiger partial charge in [0.05, 0.1) is 25.0 Å². The number of carbonyl (C=O) groups excluding carboxylic acids is 3. The number of fused-ring (bicyclic) bond motifs is 1. The average Bonchev–Trinajstić information content (AvgIpc) is 3.69. The van der Waals surface area contributed by atoms with E-state index < -0.39 is 62.2 Å². The lowest BCUT2D eigenvalue weighted by molar-refractivity contribution is -0.168. The van der Waals surface area contributed by atoms with Crippen LogP contribution in [0.2, 0.25) is 0 Å². The molecule has 3 N–H and O–H groups in total. The van der Waals surface area contributed by atoms with E-state index in [0.717, 1.165) is 38.5 Å². The molecule has 2 aliphatic rings. The van der Waals surface area contributed by atoms with Crippen LogP contribution in [0, 0.1) is 5.92 Å². The van der Waals surface area contributed by atoms with Crippen molar-refractivity contribution in [3.05, 3.63) is 48.4 Å². The van der Waals surface area contributed by atoms with E-state index in [-0.39, 0.29) is 30.2 Å². The molecule has 5 rings (SSSR count). The smallest absolute Gasteiger partial charge is 0.459 e. The molecule has 2 aromatic heterocycles. The zero-order valence-electron chi connectivity index (χ0n) is 31.7. The van der Waals surface area contributed by atoms with Crippen molar-refractivity contribution in [3.63, 3.8) is 0 Å². The molecule has 1 unspecified atom stereocenters. The van der Waals surface area contributed by atoms with Crippen molar-refractivity contribution in [2.45, 2.75) is 123 Å². The van der Waals surface area contributed by atoms with Crippen LogP contribution >= 0.6 is 7.75 Å². The molecule has 3 aromatic rings. The fourth-order valence-electron chi connectivity index (χ4n) is 6.80. The van der Waals surface area contributed by atoms with Crippen LogP contribution in [0.3, 0.4) is 0 Å². The van der Waals surface area contributed by atoms with Crippen molar-refractivity contribution >= 4 is 37.0 Å². The van der Waals surface area contributed by atoms with Gasteiger partial charge < -0.3 is 33.9 Å². The van der Waals surface area contributed by atoms with Gasteiger partial charge in [0.1, 0.15) is 41.1 Å². The second-order valence-electron chi connectivity index (χ2n) is 13.9. The summed E-state index contributed by atoms with van der Waals surface area (Å²) >= 11 is 0. The Morgan fingerprint density at radius 3 is 2.33 bits per heavy atom. The van der Waals surface area contributed by atoms with Crippen molar-refractivity contribution < 1.29 is 51.7 Å². The first-order valence-electron chi connectivity index (χ1n) is 18.5. The Morgan fingerprint density at radius 2 is 1.69 bits per heavy atom. The number of carbonyl (C=O) groups is 3. The minimum absolute atomic E-state index is 0.126. The fraction of sp³-hybridized carbons (Fsp3) is 0.595. The molecule has 1 saturated carbocycles. The molecule has 0 amide bonds. The zero-order chi connectivity index (χ0) is 39.0. The first-order valence-corrected chi connectivity index (χ1v) is 20.1. The van der Waals surface area contributed by atoms with Gasteiger partial charge in [-0.2, -0.15) is 10.2 Å². The number of anilines is 1. The van der Waals surface area contributed by atoms with Gasteiger partial charge in [-0.05, 0) is 81.8 Å². The third kappa shape index (κ3) is 9.89. The summed E-state index contributed by atoms with van der Waals surface area (Å²) in [6.07, 6.45) is 4.80. The monoisotopic (exact) mass is 773 g/mol. The van der Waals surface area contributed by atoms with Crippen LogP contribution in [0.1, 0.15) is 92.2 Å². The van der Waals surface area contributed by atoms with Crippen molar-refractivity contribution in [2.75, 3.05) is 18.9 Å². The van der Waals surface area contributed by atoms with Gasteiger partial charge in [0.2, 0.25) is 0 Å². The maximum absolute atomic E-state index is 14.6. The number of nitrogen functional groups attached to an aromatic ring is 1. The van der Waals surface area contributed by atoms with Crippen molar-refractivity contribution in [1.82, 2.24) is 19.7 Å². The summed E-state index contributed by atoms with van der Waals surface area (Å²) in [5.74, 6) is -0.830. The van der Waals surface area contributed by atoms with Crippen LogP contribution in [-0.2, 0) is 48.0 Å². The molecule has 1 saturated heterocycles. The van der Waals surface area contributed by atoms with Crippen LogP contribution < -0.4 is 20.1 Å². The Hall–Kier alpha value is -4.24. The summed E-state index contributed by atoms with van der Waals surface area (Å²) in [6, 6.07) is 8.85. The Morgan fingerprint density at radius 1 is 1.02 bits per heavy atom. The van der Waals surface area contributed by atoms with E-state index in [1.807, 2.05) is 13.8 Å². The molecular weight excluding hydrogens is 721 g/mol. The minimum Gasteiger partial charge on any atom is -0.490 e. The Kier molecular flexibility index (Phi) is 13.6. The van der Waals surface area contributed by atoms with Gasteiger partial charge >= 0.3 is 25.7 Å². The van der Waals surface area contributed by atoms with Gasteiger partial charge in [-0.25, -0.2) is 14.1 Å². The zero-order valence-corrected chi connectivity index (χ0v) is 32.6. The van der Waals surface area contributed by atoms with E-state index >= 15 is 0 Å². The average molecular weight is 774 g/mol. The van der Waals surface area contributed by atoms with E-state index in [1.54, 1.807) is 43.3 Å². The molecule has 17 heteroatoms. The summed E-state index contributed by atoms with van der Waals surface area (Å²) in [4.78, 5) is 42.0. The quantitative estimate of drug-likeness (QED) is 0.0966. The molecule has 16 nitrogen and oxygen atoms in total. The molecule has 296 valence electrons. The molecule has 0 radical (unpaired) electrons. The highest BCUT2D eigenvalue weighted by molar-refractivity contribution is 7.52. The number of hydrogen-bond acceptors (Lipinski definition) is 14. The number of benzene rings is 1. The Bertz CT molecular complexity index is 1800. The summed E-state index contributed by atoms with van der Waals surface area (Å²) in [5.41, 5.74) is 5.46. The number of rotatable bonds is 17. The van der Waals surface area contributed by atoms with Gasteiger partial charge in [0.15, 0.2) is 18.0 Å². The molecule has 1 aliphatic carbocycles. The lowest BCUT2D eigenvalue weighted by Gasteiger charge is -2.30. The van der Waals surface area contributed by atoms with Crippen molar-refractivity contribution in [3.8, 4) is 11.5 Å². The van der Waals surface area contributed by atoms with Crippen molar-refractivity contribution in [1.29, 1.82) is 0 Å². The molecular formula is C37H52N5O11P. The highest BCUT2D eigenvalue weighted by atomic mass is 31.2. The highest BCUT2D eigenvalue weighted by Crippen LogP contribution is 2.48. The summed E-state index contributed by atoms with van der Waals surface area (Å²) in [7, 11) is -4.43. The second-order valence-corrected chi connectivity index (χ2v) is 15.6. The standard InChI is InChI=1S/C37H52N5O11P/c1-7-26(8-2)20-47-36(45)23(3)41-54(46,53-29-16-14-28(15-17-29)51-27-12-10-9-11-13-27)48-21-31-33(49-24(4)43)34(50-25(5)44)37(6,52-31)32-19-18-30-35(38)39-22-40-42(30)32/h14-19,22-23,26-27,31,33-34H,7-13,20-21H2,1-6H3,(H,41,46)(H2,38,39,40)/t23-,31+,33+,34+,37-,54?/m0/s1. The van der Waals surface area contributed by atoms with Crippen LogP contribution in [0.25, 0.3) is 5.52 Å². The normalized spacial score (nSPS) is 23.4. The molecule has 3 heterocycles. The van der Waals surface area contributed by atoms with E-state index in [0.29, 0.717) is 17.0 Å². The van der Waals surface area contributed by atoms with Gasteiger partial charge in [0, 0.05) is 13.8 Å². The van der Waals surface area contributed by atoms with Crippen LogP contribution in [-0.4, -0.2) is 76.2 Å². The number of ether oxygens (including phenoxy) is 5. The van der Waals surface area contributed by atoms with Crippen LogP contribution in [0.15, 0.2) is 42.7 Å². The Labute approximate surface area is 315 Å². The van der Waals surface area contributed by atoms with Crippen molar-refractivity contribution in [2.24, 2.45) is 5.92 Å². The predicted molar refractivity (Wildman–Crippen MR) is 196 cm³/mol. The third-order valence-corrected chi connectivity index (χ3v) is 11.5. The first-order chi connectivity index (χ1) is 25.7. The fourth-order valence-corrected chi connectivity index (χ4v) is 8.30. The highest BCUT2D eigenvalue weighted by Gasteiger charge is 2.59. The predicted octanol–water partition coefficient (Wildman–Crippen LogP) is 5.66. The molecule has 1 aromatic carbocycles. The first kappa shape index (κ1) is 40.9. The number of nitrogens with two attached hydrogens (primary N) is 1. The number of esters is 3. The lowest BCUT2D eigenvalue weighted by atomic mass is 9.92. The Balaban J connectivity index is 1.42. The van der Waals surface area contributed by atoms with Crippen LogP contribution in [0.5, 0.6) is 11.5 Å². The lowest BCUT2D eigenvalue weighted by Crippen LogP contribution is -2.45. The SMILES string of the molecule is CCC(CC)COC(=O)[C@H](C)NP(=O)(OC[C@H]1O[C@@](C)(c2ccc3c(N)ncnn23)[C@H](OC(C)=O)[C@@H]1OC(C)=O)Oc1ccc(OC2CCCCC2)cc1. The second kappa shape index (κ2) is 17.9. The van der Waals surface area contributed by atoms with Crippen LogP contribution in [0.4, 0.5) is 5.82 Å². The molecule has 0 spiro atoms. The van der Waals surface area contributed by atoms with E-state index in [9.17, 15) is 18.9 Å². The molecule has 54 heavy (non-hydrogen) atoms. The van der Waals surface area contributed by atoms with Gasteiger partial charge in [-0.1, -0.05) is 33.1 Å². The van der Waals surface area contributed by atoms with E-state index in [1.165, 1.54) is 38.0 Å². The third-order valence-electron chi connectivity index (χ3n) is 9.82. The van der Waals surface area contributed by atoms with Gasteiger partial charge in [0.25, 0.3) is 0 Å². The minimum atomic E-state index is -4.43. The summed E-state index contributed by atoms with van der Waals surface area (Å²) in [5, 5.41) is 7.02. The van der Waals surface area contributed by atoms with Gasteiger partial charge in [-0.3, -0.25) is 18.9 Å². The summed E-state index contributed by atoms with van der Waals surface area (Å²) in [6.45, 7) is 9.26. The maximum atomic E-state index is 14.6. The molecule has 0 bridgehead atoms. The largest absolute Gasteiger partial charge is 0.490 e. The van der Waals surface area contributed by atoms with E-state index in [4.69, 9.17) is 38.5 Å². The van der Waals surface area contributed by atoms with E-state index in [2.05, 4.69) is 15.2 Å². The molecule has 2 fully saturated rings. The summed E-state index contributed by atoms with van der Waals surface area (Å²) < 4.78 is 57.7. The molecule has 1 aliphatic heterocycles. The maximum Gasteiger partial charge on any atom is 0.459 e. The number of hydrogen-bond donors (Lipinski definition) is 2. The number of nitrogens with one attached hydrogen (secondary N) is 1.